The molecular formula is C21H27FN4O5S. The van der Waals surface area contributed by atoms with Crippen molar-refractivity contribution >= 4 is 21.9 Å². The summed E-state index contributed by atoms with van der Waals surface area (Å²) in [5.41, 5.74) is 0.367. The number of piperidine rings is 1. The van der Waals surface area contributed by atoms with Gasteiger partial charge in [0, 0.05) is 45.5 Å². The number of carbonyl (C=O) groups excluding carboxylic acids is 2. The number of ether oxygens (including phenoxy) is 1. The van der Waals surface area contributed by atoms with E-state index in [1.54, 1.807) is 36.7 Å². The number of sulfonamides is 1. The van der Waals surface area contributed by atoms with Crippen LogP contribution in [0.15, 0.2) is 35.5 Å². The van der Waals surface area contributed by atoms with Gasteiger partial charge < -0.3 is 14.2 Å². The number of esters is 1. The summed E-state index contributed by atoms with van der Waals surface area (Å²) in [4.78, 5) is 30.0. The maximum Gasteiger partial charge on any atom is 0.309 e. The van der Waals surface area contributed by atoms with E-state index in [4.69, 9.17) is 4.74 Å². The molecule has 1 aliphatic heterocycles. The molecule has 1 aliphatic rings. The fourth-order valence-electron chi connectivity index (χ4n) is 3.45. The van der Waals surface area contributed by atoms with E-state index >= 15 is 0 Å². The van der Waals surface area contributed by atoms with Gasteiger partial charge in [0.15, 0.2) is 11.6 Å². The highest BCUT2D eigenvalue weighted by molar-refractivity contribution is 7.89. The van der Waals surface area contributed by atoms with Gasteiger partial charge in [-0.3, -0.25) is 9.59 Å². The molecule has 0 N–H and O–H groups in total. The number of amides is 1. The average molecular weight is 467 g/mol. The van der Waals surface area contributed by atoms with E-state index in [9.17, 15) is 22.4 Å². The maximum atomic E-state index is 13.7. The van der Waals surface area contributed by atoms with Gasteiger partial charge >= 0.3 is 5.97 Å². The van der Waals surface area contributed by atoms with Crippen molar-refractivity contribution in [2.45, 2.75) is 31.3 Å². The molecule has 0 saturated carbocycles. The van der Waals surface area contributed by atoms with Crippen LogP contribution < -0.4 is 0 Å². The molecule has 2 aromatic rings. The van der Waals surface area contributed by atoms with Gasteiger partial charge in [0.1, 0.15) is 11.6 Å². The second kappa shape index (κ2) is 9.78. The molecule has 1 saturated heterocycles. The summed E-state index contributed by atoms with van der Waals surface area (Å²) in [7, 11) is -0.499. The lowest BCUT2D eigenvalue weighted by Gasteiger charge is -2.29. The minimum atomic E-state index is -3.73. The summed E-state index contributed by atoms with van der Waals surface area (Å²) < 4.78 is 47.3. The molecule has 0 aliphatic carbocycles. The fraction of sp³-hybridized carbons (Fsp3) is 0.476. The lowest BCUT2D eigenvalue weighted by atomic mass is 9.98. The third-order valence-electron chi connectivity index (χ3n) is 5.61. The van der Waals surface area contributed by atoms with Crippen LogP contribution in [0.3, 0.4) is 0 Å². The molecule has 3 rings (SSSR count). The monoisotopic (exact) mass is 466 g/mol. The smallest absolute Gasteiger partial charge is 0.309 e. The SMILES string of the molecule is Cc1nc(S(=O)(=O)N2CCC(C(=O)OCC(=O)N(C)Cc3ccccc3F)CC2)cn1C. The van der Waals surface area contributed by atoms with E-state index in [-0.39, 0.29) is 24.7 Å². The van der Waals surface area contributed by atoms with Crippen molar-refractivity contribution < 1.29 is 27.1 Å². The van der Waals surface area contributed by atoms with Crippen LogP contribution in [-0.2, 0) is 37.9 Å². The number of imidazole rings is 1. The largest absolute Gasteiger partial charge is 0.455 e. The number of hydrogen-bond acceptors (Lipinski definition) is 6. The van der Waals surface area contributed by atoms with Gasteiger partial charge in [0.2, 0.25) is 0 Å². The Balaban J connectivity index is 1.48. The second-order valence-corrected chi connectivity index (χ2v) is 9.75. The highest BCUT2D eigenvalue weighted by Gasteiger charge is 2.34. The summed E-state index contributed by atoms with van der Waals surface area (Å²) in [5, 5.41) is -0.0120. The molecule has 0 radical (unpaired) electrons. The third kappa shape index (κ3) is 5.33. The molecule has 174 valence electrons. The van der Waals surface area contributed by atoms with Gasteiger partial charge in [-0.05, 0) is 25.8 Å². The van der Waals surface area contributed by atoms with Crippen molar-refractivity contribution in [2.24, 2.45) is 13.0 Å². The number of carbonyl (C=O) groups is 2. The zero-order valence-corrected chi connectivity index (χ0v) is 19.1. The molecule has 32 heavy (non-hydrogen) atoms. The predicted octanol–water partition coefficient (Wildman–Crippen LogP) is 1.47. The quantitative estimate of drug-likeness (QED) is 0.573. The lowest BCUT2D eigenvalue weighted by Crippen LogP contribution is -2.41. The van der Waals surface area contributed by atoms with Gasteiger partial charge in [-0.15, -0.1) is 0 Å². The molecule has 9 nitrogen and oxygen atoms in total. The van der Waals surface area contributed by atoms with Crippen LogP contribution in [0.2, 0.25) is 0 Å². The number of nitrogens with zero attached hydrogens (tertiary/aromatic N) is 4. The van der Waals surface area contributed by atoms with E-state index in [1.807, 2.05) is 0 Å². The minimum absolute atomic E-state index is 0.0120. The average Bonchev–Trinajstić information content (AvgIpc) is 3.12. The third-order valence-corrected chi connectivity index (χ3v) is 7.38. The molecule has 11 heteroatoms. The van der Waals surface area contributed by atoms with Crippen LogP contribution in [-0.4, -0.2) is 65.8 Å². The van der Waals surface area contributed by atoms with Gasteiger partial charge in [-0.2, -0.15) is 4.31 Å². The molecule has 0 spiro atoms. The molecular weight excluding hydrogens is 439 g/mol. The first-order valence-electron chi connectivity index (χ1n) is 10.2. The number of hydrogen-bond donors (Lipinski definition) is 0. The first-order chi connectivity index (χ1) is 15.1. The highest BCUT2D eigenvalue weighted by Crippen LogP contribution is 2.24. The minimum Gasteiger partial charge on any atom is -0.455 e. The highest BCUT2D eigenvalue weighted by atomic mass is 32.2. The fourth-order valence-corrected chi connectivity index (χ4v) is 4.94. The number of aromatic nitrogens is 2. The van der Waals surface area contributed by atoms with Gasteiger partial charge in [0.25, 0.3) is 15.9 Å². The first kappa shape index (κ1) is 23.9. The predicted molar refractivity (Wildman–Crippen MR) is 113 cm³/mol. The van der Waals surface area contributed by atoms with Crippen LogP contribution in [0.4, 0.5) is 4.39 Å². The van der Waals surface area contributed by atoms with Crippen LogP contribution in [0.5, 0.6) is 0 Å². The molecule has 2 heterocycles. The molecule has 1 aromatic heterocycles. The Bertz CT molecular complexity index is 1070. The van der Waals surface area contributed by atoms with Crippen molar-refractivity contribution in [1.29, 1.82) is 0 Å². The van der Waals surface area contributed by atoms with Gasteiger partial charge in [0.05, 0.1) is 5.92 Å². The van der Waals surface area contributed by atoms with Gasteiger partial charge in [-0.25, -0.2) is 17.8 Å². The Hall–Kier alpha value is -2.79. The summed E-state index contributed by atoms with van der Waals surface area (Å²) >= 11 is 0. The van der Waals surface area contributed by atoms with Crippen LogP contribution >= 0.6 is 0 Å². The number of likely N-dealkylation sites (N-methyl/N-ethyl adjacent to an activating group) is 1. The van der Waals surface area contributed by atoms with Crippen LogP contribution in [0.1, 0.15) is 24.2 Å². The van der Waals surface area contributed by atoms with E-state index in [2.05, 4.69) is 4.98 Å². The molecule has 0 bridgehead atoms. The standard InChI is InChI=1S/C21H27FN4O5S/c1-15-23-19(13-24(15)2)32(29,30)26-10-8-16(9-11-26)21(28)31-14-20(27)25(3)12-17-6-4-5-7-18(17)22/h4-7,13,16H,8-12,14H2,1-3H3. The normalized spacial score (nSPS) is 15.5. The zero-order valence-electron chi connectivity index (χ0n) is 18.3. The van der Waals surface area contributed by atoms with E-state index in [1.165, 1.54) is 28.5 Å². The molecule has 0 unspecified atom stereocenters. The number of benzene rings is 1. The Morgan fingerprint density at radius 1 is 1.25 bits per heavy atom. The first-order valence-corrected chi connectivity index (χ1v) is 11.7. The Kier molecular flexibility index (Phi) is 7.29. The van der Waals surface area contributed by atoms with Crippen molar-refractivity contribution in [3.8, 4) is 0 Å². The summed E-state index contributed by atoms with van der Waals surface area (Å²) in [6, 6.07) is 6.14. The van der Waals surface area contributed by atoms with Crippen molar-refractivity contribution in [3.05, 3.63) is 47.7 Å². The van der Waals surface area contributed by atoms with Crippen molar-refractivity contribution in [3.63, 3.8) is 0 Å². The molecule has 1 fully saturated rings. The number of aryl methyl sites for hydroxylation is 2. The Labute approximate surface area is 186 Å². The zero-order chi connectivity index (χ0) is 23.5. The number of halogens is 1. The van der Waals surface area contributed by atoms with Crippen LogP contribution in [0.25, 0.3) is 0 Å². The lowest BCUT2D eigenvalue weighted by molar-refractivity contribution is -0.156. The number of rotatable bonds is 7. The topological polar surface area (TPSA) is 102 Å². The molecule has 1 aromatic carbocycles. The Morgan fingerprint density at radius 2 is 1.91 bits per heavy atom. The summed E-state index contributed by atoms with van der Waals surface area (Å²) in [6.07, 6.45) is 2.06. The molecule has 0 atom stereocenters. The summed E-state index contributed by atoms with van der Waals surface area (Å²) in [5.74, 6) is -1.30. The second-order valence-electron chi connectivity index (χ2n) is 7.86. The maximum absolute atomic E-state index is 13.7. The van der Waals surface area contributed by atoms with E-state index < -0.39 is 40.2 Å². The molecule has 1 amide bonds. The van der Waals surface area contributed by atoms with Gasteiger partial charge in [-0.1, -0.05) is 18.2 Å². The van der Waals surface area contributed by atoms with Crippen LogP contribution in [0, 0.1) is 18.7 Å². The van der Waals surface area contributed by atoms with E-state index in [0.717, 1.165) is 0 Å². The summed E-state index contributed by atoms with van der Waals surface area (Å²) in [6.45, 7) is 1.66. The van der Waals surface area contributed by atoms with E-state index in [0.29, 0.717) is 24.2 Å². The van der Waals surface area contributed by atoms with Crippen molar-refractivity contribution in [1.82, 2.24) is 18.8 Å². The Morgan fingerprint density at radius 3 is 2.50 bits per heavy atom. The van der Waals surface area contributed by atoms with Crippen molar-refractivity contribution in [2.75, 3.05) is 26.7 Å².